The van der Waals surface area contributed by atoms with E-state index >= 15 is 0 Å². The van der Waals surface area contributed by atoms with Gasteiger partial charge in [-0.15, -0.1) is 11.3 Å². The number of nitrogens with zero attached hydrogens (tertiary/aromatic N) is 2. The first kappa shape index (κ1) is 16.7. The number of fused-ring (bicyclic) bond motifs is 1. The number of aromatic nitrogens is 2. The Hall–Kier alpha value is -2.73. The Balaban J connectivity index is 1.54. The van der Waals surface area contributed by atoms with E-state index in [0.717, 1.165) is 25.0 Å². The lowest BCUT2D eigenvalue weighted by Crippen LogP contribution is -2.13. The van der Waals surface area contributed by atoms with Gasteiger partial charge in [-0.3, -0.25) is 10.1 Å². The van der Waals surface area contributed by atoms with Crippen molar-refractivity contribution >= 4 is 22.4 Å². The number of rotatable bonds is 4. The van der Waals surface area contributed by atoms with Crippen molar-refractivity contribution in [3.8, 4) is 11.6 Å². The molecule has 6 heteroatoms. The standard InChI is InChI=1S/C20H19N3O2S/c1-13-9-10-16-17(12-13)26-20(22-16)23-18(24)15-8-5-11-21-19(15)25-14-6-3-2-4-7-14/h2-8,11,13H,9-10,12H2,1H3,(H,22,23,24). The van der Waals surface area contributed by atoms with Gasteiger partial charge in [-0.25, -0.2) is 9.97 Å². The minimum absolute atomic E-state index is 0.261. The molecular weight excluding hydrogens is 346 g/mol. The van der Waals surface area contributed by atoms with Crippen LogP contribution in [0.4, 0.5) is 5.13 Å². The lowest BCUT2D eigenvalue weighted by Gasteiger charge is -2.15. The van der Waals surface area contributed by atoms with Crippen molar-refractivity contribution in [3.63, 3.8) is 0 Å². The number of hydrogen-bond acceptors (Lipinski definition) is 5. The van der Waals surface area contributed by atoms with Gasteiger partial charge in [0, 0.05) is 11.1 Å². The zero-order valence-corrected chi connectivity index (χ0v) is 15.3. The SMILES string of the molecule is CC1CCc2nc(NC(=O)c3cccnc3Oc3ccccc3)sc2C1. The highest BCUT2D eigenvalue weighted by Gasteiger charge is 2.22. The summed E-state index contributed by atoms with van der Waals surface area (Å²) in [5.74, 6) is 1.34. The third-order valence-corrected chi connectivity index (χ3v) is 5.42. The normalized spacial score (nSPS) is 16.0. The van der Waals surface area contributed by atoms with Crippen molar-refractivity contribution < 1.29 is 9.53 Å². The van der Waals surface area contributed by atoms with Gasteiger partial charge in [0.15, 0.2) is 5.13 Å². The van der Waals surface area contributed by atoms with Crippen LogP contribution in [0, 0.1) is 5.92 Å². The van der Waals surface area contributed by atoms with Crippen LogP contribution in [0.15, 0.2) is 48.7 Å². The molecule has 4 rings (SSSR count). The number of carbonyl (C=O) groups is 1. The second kappa shape index (κ2) is 7.25. The average Bonchev–Trinajstić information content (AvgIpc) is 3.04. The summed E-state index contributed by atoms with van der Waals surface area (Å²) in [4.78, 5) is 22.8. The molecule has 1 aromatic carbocycles. The molecule has 1 aliphatic carbocycles. The smallest absolute Gasteiger partial charge is 0.262 e. The zero-order chi connectivity index (χ0) is 17.9. The van der Waals surface area contributed by atoms with Gasteiger partial charge in [-0.1, -0.05) is 25.1 Å². The zero-order valence-electron chi connectivity index (χ0n) is 14.4. The number of hydrogen-bond donors (Lipinski definition) is 1. The molecule has 2 aromatic heterocycles. The predicted molar refractivity (Wildman–Crippen MR) is 102 cm³/mol. The predicted octanol–water partition coefficient (Wildman–Crippen LogP) is 4.71. The van der Waals surface area contributed by atoms with E-state index < -0.39 is 0 Å². The molecule has 1 N–H and O–H groups in total. The molecule has 0 saturated heterocycles. The van der Waals surface area contributed by atoms with Crippen molar-refractivity contribution in [1.82, 2.24) is 9.97 Å². The van der Waals surface area contributed by atoms with E-state index in [0.29, 0.717) is 22.4 Å². The maximum Gasteiger partial charge on any atom is 0.262 e. The number of thiazole rings is 1. The maximum atomic E-state index is 12.7. The minimum atomic E-state index is -0.261. The van der Waals surface area contributed by atoms with Gasteiger partial charge in [0.1, 0.15) is 11.3 Å². The Kier molecular flexibility index (Phi) is 4.67. The second-order valence-corrected chi connectivity index (χ2v) is 7.55. The molecule has 26 heavy (non-hydrogen) atoms. The number of carbonyl (C=O) groups excluding carboxylic acids is 1. The number of amides is 1. The quantitative estimate of drug-likeness (QED) is 0.727. The molecule has 1 atom stereocenters. The van der Waals surface area contributed by atoms with Crippen LogP contribution in [0.5, 0.6) is 11.6 Å². The summed E-state index contributed by atoms with van der Waals surface area (Å²) < 4.78 is 5.77. The van der Waals surface area contributed by atoms with Crippen LogP contribution in [0.1, 0.15) is 34.3 Å². The number of anilines is 1. The molecule has 2 heterocycles. The highest BCUT2D eigenvalue weighted by molar-refractivity contribution is 7.15. The van der Waals surface area contributed by atoms with Crippen LogP contribution >= 0.6 is 11.3 Å². The molecular formula is C20H19N3O2S. The molecule has 0 saturated carbocycles. The van der Waals surface area contributed by atoms with Gasteiger partial charge in [0.05, 0.1) is 5.69 Å². The van der Waals surface area contributed by atoms with E-state index in [2.05, 4.69) is 22.2 Å². The van der Waals surface area contributed by atoms with Crippen LogP contribution in [-0.4, -0.2) is 15.9 Å². The van der Waals surface area contributed by atoms with Crippen molar-refractivity contribution in [3.05, 3.63) is 64.8 Å². The fourth-order valence-corrected chi connectivity index (χ4v) is 4.17. The van der Waals surface area contributed by atoms with Gasteiger partial charge in [0.2, 0.25) is 5.88 Å². The van der Waals surface area contributed by atoms with Gasteiger partial charge < -0.3 is 4.74 Å². The van der Waals surface area contributed by atoms with E-state index in [-0.39, 0.29) is 11.8 Å². The Morgan fingerprint density at radius 3 is 2.92 bits per heavy atom. The van der Waals surface area contributed by atoms with E-state index in [9.17, 15) is 4.79 Å². The molecule has 3 aromatic rings. The molecule has 0 bridgehead atoms. The molecule has 1 amide bonds. The van der Waals surface area contributed by atoms with Crippen LogP contribution in [-0.2, 0) is 12.8 Å². The molecule has 0 aliphatic heterocycles. The fraction of sp³-hybridized carbons (Fsp3) is 0.250. The first-order chi connectivity index (χ1) is 12.7. The first-order valence-corrected chi connectivity index (χ1v) is 9.48. The number of nitrogens with one attached hydrogen (secondary N) is 1. The lowest BCUT2D eigenvalue weighted by atomic mass is 9.93. The number of ether oxygens (including phenoxy) is 1. The number of aryl methyl sites for hydroxylation is 1. The van der Waals surface area contributed by atoms with Crippen molar-refractivity contribution in [2.75, 3.05) is 5.32 Å². The minimum Gasteiger partial charge on any atom is -0.438 e. The number of para-hydroxylation sites is 1. The van der Waals surface area contributed by atoms with Crippen LogP contribution in [0.25, 0.3) is 0 Å². The molecule has 1 aliphatic rings. The molecule has 5 nitrogen and oxygen atoms in total. The topological polar surface area (TPSA) is 64.1 Å². The van der Waals surface area contributed by atoms with E-state index in [1.54, 1.807) is 29.7 Å². The first-order valence-electron chi connectivity index (χ1n) is 8.67. The summed E-state index contributed by atoms with van der Waals surface area (Å²) in [5, 5.41) is 3.55. The number of pyridine rings is 1. The van der Waals surface area contributed by atoms with Crippen LogP contribution in [0.2, 0.25) is 0 Å². The second-order valence-electron chi connectivity index (χ2n) is 6.46. The summed E-state index contributed by atoms with van der Waals surface area (Å²) in [6, 6.07) is 12.7. The highest BCUT2D eigenvalue weighted by atomic mass is 32.1. The summed E-state index contributed by atoms with van der Waals surface area (Å²) in [7, 11) is 0. The molecule has 0 spiro atoms. The molecule has 132 valence electrons. The monoisotopic (exact) mass is 365 g/mol. The van der Waals surface area contributed by atoms with E-state index in [1.165, 1.54) is 4.88 Å². The average molecular weight is 365 g/mol. The highest BCUT2D eigenvalue weighted by Crippen LogP contribution is 2.32. The Bertz CT molecular complexity index is 924. The maximum absolute atomic E-state index is 12.7. The van der Waals surface area contributed by atoms with Gasteiger partial charge in [-0.2, -0.15) is 0 Å². The summed E-state index contributed by atoms with van der Waals surface area (Å²) >= 11 is 1.57. The van der Waals surface area contributed by atoms with Gasteiger partial charge >= 0.3 is 0 Å². The number of benzene rings is 1. The Morgan fingerprint density at radius 1 is 1.23 bits per heavy atom. The molecule has 0 radical (unpaired) electrons. The Labute approximate surface area is 156 Å². The Morgan fingerprint density at radius 2 is 2.08 bits per heavy atom. The summed E-state index contributed by atoms with van der Waals surface area (Å²) in [6.45, 7) is 2.25. The van der Waals surface area contributed by atoms with Crippen molar-refractivity contribution in [2.24, 2.45) is 5.92 Å². The molecule has 0 fully saturated rings. The fourth-order valence-electron chi connectivity index (χ4n) is 3.00. The summed E-state index contributed by atoms with van der Waals surface area (Å²) in [6.07, 6.45) is 4.79. The van der Waals surface area contributed by atoms with Crippen LogP contribution in [0.3, 0.4) is 0 Å². The largest absolute Gasteiger partial charge is 0.438 e. The lowest BCUT2D eigenvalue weighted by molar-refractivity contribution is 0.102. The van der Waals surface area contributed by atoms with Crippen molar-refractivity contribution in [1.29, 1.82) is 0 Å². The van der Waals surface area contributed by atoms with Gasteiger partial charge in [0.25, 0.3) is 5.91 Å². The van der Waals surface area contributed by atoms with E-state index in [1.807, 2.05) is 30.3 Å². The van der Waals surface area contributed by atoms with Crippen LogP contribution < -0.4 is 10.1 Å². The third kappa shape index (κ3) is 3.60. The third-order valence-electron chi connectivity index (χ3n) is 4.38. The molecule has 1 unspecified atom stereocenters. The van der Waals surface area contributed by atoms with Crippen molar-refractivity contribution in [2.45, 2.75) is 26.2 Å². The van der Waals surface area contributed by atoms with Gasteiger partial charge in [-0.05, 0) is 49.4 Å². The summed E-state index contributed by atoms with van der Waals surface area (Å²) in [5.41, 5.74) is 1.51. The van der Waals surface area contributed by atoms with E-state index in [4.69, 9.17) is 4.74 Å².